The highest BCUT2D eigenvalue weighted by atomic mass is 32.2. The molecule has 2 aromatic heterocycles. The number of thiazole rings is 1. The molecule has 0 radical (unpaired) electrons. The van der Waals surface area contributed by atoms with Crippen LogP contribution in [0.4, 0.5) is 5.13 Å². The van der Waals surface area contributed by atoms with Crippen LogP contribution in [0.15, 0.2) is 23.4 Å². The lowest BCUT2D eigenvalue weighted by atomic mass is 10.0. The van der Waals surface area contributed by atoms with Crippen LogP contribution in [0.1, 0.15) is 40.9 Å². The fourth-order valence-electron chi connectivity index (χ4n) is 3.29. The van der Waals surface area contributed by atoms with Gasteiger partial charge in [-0.1, -0.05) is 23.9 Å². The number of nitrogens with one attached hydrogen (secondary N) is 1. The molecule has 31 heavy (non-hydrogen) atoms. The maximum Gasteiger partial charge on any atom is 0.236 e. The summed E-state index contributed by atoms with van der Waals surface area (Å²) < 4.78 is 7.42. The first-order valence-corrected chi connectivity index (χ1v) is 12.1. The molecule has 0 aliphatic rings. The van der Waals surface area contributed by atoms with Gasteiger partial charge in [0.15, 0.2) is 10.3 Å². The number of rotatable bonds is 10. The number of aryl methyl sites for hydroxylation is 5. The fraction of sp³-hybridized carbons (Fsp3) is 0.455. The largest absolute Gasteiger partial charge is 0.496 e. The minimum absolute atomic E-state index is 0.0826. The van der Waals surface area contributed by atoms with Crippen LogP contribution < -0.4 is 10.1 Å². The smallest absolute Gasteiger partial charge is 0.236 e. The van der Waals surface area contributed by atoms with E-state index < -0.39 is 0 Å². The molecule has 2 heterocycles. The Labute approximate surface area is 191 Å². The molecular formula is C22H29N5O2S2. The van der Waals surface area contributed by atoms with Gasteiger partial charge in [-0.3, -0.25) is 4.79 Å². The maximum atomic E-state index is 12.3. The van der Waals surface area contributed by atoms with E-state index in [9.17, 15) is 4.79 Å². The van der Waals surface area contributed by atoms with E-state index in [4.69, 9.17) is 4.74 Å². The highest BCUT2D eigenvalue weighted by Crippen LogP contribution is 2.23. The van der Waals surface area contributed by atoms with Crippen molar-refractivity contribution in [3.8, 4) is 5.75 Å². The SMILES string of the molecule is CCn1c(CCCc2ccc(OC)c(C)c2)nnc1SCC(=O)Nc1nc(C)c(C)s1. The van der Waals surface area contributed by atoms with Crippen LogP contribution in [0.5, 0.6) is 5.75 Å². The number of amides is 1. The van der Waals surface area contributed by atoms with Crippen molar-refractivity contribution in [3.63, 3.8) is 0 Å². The summed E-state index contributed by atoms with van der Waals surface area (Å²) >= 11 is 2.90. The molecule has 0 unspecified atom stereocenters. The molecule has 0 fully saturated rings. The lowest BCUT2D eigenvalue weighted by molar-refractivity contribution is -0.113. The van der Waals surface area contributed by atoms with E-state index in [0.29, 0.717) is 5.13 Å². The van der Waals surface area contributed by atoms with Crippen molar-refractivity contribution in [2.45, 2.75) is 58.7 Å². The Morgan fingerprint density at radius 3 is 2.68 bits per heavy atom. The van der Waals surface area contributed by atoms with Crippen molar-refractivity contribution in [1.82, 2.24) is 19.7 Å². The number of aromatic nitrogens is 4. The molecule has 1 aromatic carbocycles. The van der Waals surface area contributed by atoms with Crippen LogP contribution in [-0.2, 0) is 24.2 Å². The van der Waals surface area contributed by atoms with Crippen molar-refractivity contribution in [2.75, 3.05) is 18.2 Å². The lowest BCUT2D eigenvalue weighted by Crippen LogP contribution is -2.14. The van der Waals surface area contributed by atoms with E-state index in [1.54, 1.807) is 7.11 Å². The normalized spacial score (nSPS) is 11.0. The zero-order valence-electron chi connectivity index (χ0n) is 18.7. The van der Waals surface area contributed by atoms with Gasteiger partial charge >= 0.3 is 0 Å². The summed E-state index contributed by atoms with van der Waals surface area (Å²) in [5.41, 5.74) is 3.39. The third-order valence-corrected chi connectivity index (χ3v) is 7.00. The number of carbonyl (C=O) groups excluding carboxylic acids is 1. The highest BCUT2D eigenvalue weighted by Gasteiger charge is 2.14. The first kappa shape index (κ1) is 23.3. The predicted octanol–water partition coefficient (Wildman–Crippen LogP) is 4.59. The monoisotopic (exact) mass is 459 g/mol. The molecule has 0 aliphatic heterocycles. The van der Waals surface area contributed by atoms with Gasteiger partial charge in [0, 0.05) is 17.8 Å². The number of hydrogen-bond acceptors (Lipinski definition) is 7. The molecular weight excluding hydrogens is 430 g/mol. The van der Waals surface area contributed by atoms with Gasteiger partial charge in [-0.2, -0.15) is 0 Å². The van der Waals surface area contributed by atoms with Crippen LogP contribution >= 0.6 is 23.1 Å². The first-order valence-electron chi connectivity index (χ1n) is 10.3. The third-order valence-electron chi connectivity index (χ3n) is 5.04. The number of carbonyl (C=O) groups is 1. The quantitative estimate of drug-likeness (QED) is 0.447. The second-order valence-corrected chi connectivity index (χ2v) is 9.44. The molecule has 166 valence electrons. The van der Waals surface area contributed by atoms with Crippen molar-refractivity contribution in [1.29, 1.82) is 0 Å². The molecule has 1 amide bonds. The summed E-state index contributed by atoms with van der Waals surface area (Å²) in [6.07, 6.45) is 2.80. The van der Waals surface area contributed by atoms with Crippen molar-refractivity contribution in [3.05, 3.63) is 45.7 Å². The summed E-state index contributed by atoms with van der Waals surface area (Å²) in [7, 11) is 1.69. The number of methoxy groups -OCH3 is 1. The number of thioether (sulfide) groups is 1. The maximum absolute atomic E-state index is 12.3. The van der Waals surface area contributed by atoms with Gasteiger partial charge in [0.25, 0.3) is 0 Å². The van der Waals surface area contributed by atoms with E-state index in [2.05, 4.69) is 51.0 Å². The Morgan fingerprint density at radius 2 is 2.03 bits per heavy atom. The Balaban J connectivity index is 1.52. The van der Waals surface area contributed by atoms with Crippen LogP contribution in [-0.4, -0.2) is 38.5 Å². The van der Waals surface area contributed by atoms with Crippen molar-refractivity contribution < 1.29 is 9.53 Å². The van der Waals surface area contributed by atoms with Crippen LogP contribution in [0.25, 0.3) is 0 Å². The second-order valence-electron chi connectivity index (χ2n) is 7.30. The zero-order valence-corrected chi connectivity index (χ0v) is 20.3. The Hall–Kier alpha value is -2.39. The molecule has 7 nitrogen and oxygen atoms in total. The molecule has 3 aromatic rings. The summed E-state index contributed by atoms with van der Waals surface area (Å²) in [6, 6.07) is 6.31. The minimum atomic E-state index is -0.0826. The summed E-state index contributed by atoms with van der Waals surface area (Å²) in [5, 5.41) is 13.0. The van der Waals surface area contributed by atoms with Crippen LogP contribution in [0.3, 0.4) is 0 Å². The molecule has 0 saturated heterocycles. The zero-order chi connectivity index (χ0) is 22.4. The average molecular weight is 460 g/mol. The number of hydrogen-bond donors (Lipinski definition) is 1. The van der Waals surface area contributed by atoms with Crippen molar-refractivity contribution >= 4 is 34.1 Å². The van der Waals surface area contributed by atoms with Gasteiger partial charge in [0.05, 0.1) is 18.6 Å². The Morgan fingerprint density at radius 1 is 1.23 bits per heavy atom. The van der Waals surface area contributed by atoms with E-state index in [1.807, 2.05) is 19.9 Å². The van der Waals surface area contributed by atoms with Crippen LogP contribution in [0, 0.1) is 20.8 Å². The Bertz CT molecular complexity index is 1030. The van der Waals surface area contributed by atoms with Gasteiger partial charge < -0.3 is 14.6 Å². The summed E-state index contributed by atoms with van der Waals surface area (Å²) in [6.45, 7) is 8.85. The molecule has 1 N–H and O–H groups in total. The summed E-state index contributed by atoms with van der Waals surface area (Å²) in [4.78, 5) is 17.8. The fourth-order valence-corrected chi connectivity index (χ4v) is 4.94. The molecule has 0 saturated carbocycles. The second kappa shape index (κ2) is 10.8. The van der Waals surface area contributed by atoms with E-state index in [0.717, 1.165) is 58.7 Å². The van der Waals surface area contributed by atoms with Gasteiger partial charge in [-0.05, 0) is 57.7 Å². The molecule has 0 bridgehead atoms. The predicted molar refractivity (Wildman–Crippen MR) is 126 cm³/mol. The molecule has 0 atom stereocenters. The Kier molecular flexibility index (Phi) is 8.09. The lowest BCUT2D eigenvalue weighted by Gasteiger charge is -2.09. The number of nitrogens with zero attached hydrogens (tertiary/aromatic N) is 4. The third kappa shape index (κ3) is 6.07. The number of ether oxygens (including phenoxy) is 1. The van der Waals surface area contributed by atoms with Crippen LogP contribution in [0.2, 0.25) is 0 Å². The first-order chi connectivity index (χ1) is 14.9. The summed E-state index contributed by atoms with van der Waals surface area (Å²) in [5.74, 6) is 2.07. The molecule has 9 heteroatoms. The standard InChI is InChI=1S/C22H29N5O2S2/c1-6-27-19(9-7-8-17-10-11-18(29-5)14(2)12-17)25-26-22(27)30-13-20(28)24-21-23-15(3)16(4)31-21/h10-12H,6-9,13H2,1-5H3,(H,23,24,28). The number of benzene rings is 1. The van der Waals surface area contributed by atoms with E-state index in [1.165, 1.54) is 28.7 Å². The number of anilines is 1. The van der Waals surface area contributed by atoms with Gasteiger partial charge in [-0.25, -0.2) is 4.98 Å². The van der Waals surface area contributed by atoms with E-state index >= 15 is 0 Å². The van der Waals surface area contributed by atoms with Gasteiger partial charge in [0.2, 0.25) is 5.91 Å². The molecule has 0 aliphatic carbocycles. The molecule has 0 spiro atoms. The van der Waals surface area contributed by atoms with E-state index in [-0.39, 0.29) is 11.7 Å². The topological polar surface area (TPSA) is 81.9 Å². The average Bonchev–Trinajstić information content (AvgIpc) is 3.28. The van der Waals surface area contributed by atoms with Crippen molar-refractivity contribution in [2.24, 2.45) is 0 Å². The van der Waals surface area contributed by atoms with Gasteiger partial charge in [-0.15, -0.1) is 21.5 Å². The minimum Gasteiger partial charge on any atom is -0.496 e. The molecule has 3 rings (SSSR count). The highest BCUT2D eigenvalue weighted by molar-refractivity contribution is 7.99. The van der Waals surface area contributed by atoms with Gasteiger partial charge in [0.1, 0.15) is 11.6 Å².